The molecule has 100 valence electrons. The molecule has 0 aliphatic heterocycles. The van der Waals surface area contributed by atoms with Gasteiger partial charge >= 0.3 is 0 Å². The lowest BCUT2D eigenvalue weighted by Gasteiger charge is -2.32. The van der Waals surface area contributed by atoms with Crippen LogP contribution in [0.15, 0.2) is 22.7 Å². The van der Waals surface area contributed by atoms with Crippen LogP contribution in [0.2, 0.25) is 5.02 Å². The Morgan fingerprint density at radius 2 is 2.00 bits per heavy atom. The monoisotopic (exact) mass is 329 g/mol. The molecule has 1 fully saturated rings. The summed E-state index contributed by atoms with van der Waals surface area (Å²) in [5.41, 5.74) is 7.27. The first-order valence-electron chi connectivity index (χ1n) is 6.73. The van der Waals surface area contributed by atoms with Crippen molar-refractivity contribution in [1.29, 1.82) is 0 Å². The molecule has 0 amide bonds. The molecule has 0 saturated heterocycles. The van der Waals surface area contributed by atoms with Gasteiger partial charge in [0.05, 0.1) is 0 Å². The molecule has 1 unspecified atom stereocenters. The standard InChI is InChI=1S/C15H21BrClN/c1-15(18,10-11-5-3-2-4-6-11)13-8-7-12(16)9-14(13)17/h7-9,11H,2-6,10,18H2,1H3. The molecule has 0 bridgehead atoms. The molecule has 2 N–H and O–H groups in total. The fraction of sp³-hybridized carbons (Fsp3) is 0.600. The molecule has 1 aliphatic rings. The Morgan fingerprint density at radius 1 is 1.33 bits per heavy atom. The molecule has 0 heterocycles. The van der Waals surface area contributed by atoms with Crippen LogP contribution < -0.4 is 5.73 Å². The van der Waals surface area contributed by atoms with Crippen LogP contribution in [-0.2, 0) is 5.54 Å². The van der Waals surface area contributed by atoms with Gasteiger partial charge in [0.2, 0.25) is 0 Å². The lowest BCUT2D eigenvalue weighted by molar-refractivity contribution is 0.272. The van der Waals surface area contributed by atoms with Crippen LogP contribution in [0.5, 0.6) is 0 Å². The van der Waals surface area contributed by atoms with Crippen molar-refractivity contribution in [3.05, 3.63) is 33.3 Å². The summed E-state index contributed by atoms with van der Waals surface area (Å²) in [7, 11) is 0. The Labute approximate surface area is 123 Å². The van der Waals surface area contributed by atoms with Gasteiger partial charge in [-0.3, -0.25) is 0 Å². The van der Waals surface area contributed by atoms with Crippen molar-refractivity contribution < 1.29 is 0 Å². The zero-order valence-corrected chi connectivity index (χ0v) is 13.2. The van der Waals surface area contributed by atoms with Gasteiger partial charge in [-0.2, -0.15) is 0 Å². The van der Waals surface area contributed by atoms with Crippen LogP contribution in [0, 0.1) is 5.92 Å². The quantitative estimate of drug-likeness (QED) is 0.805. The van der Waals surface area contributed by atoms with Crippen LogP contribution in [0.25, 0.3) is 0 Å². The third kappa shape index (κ3) is 3.49. The highest BCUT2D eigenvalue weighted by molar-refractivity contribution is 9.10. The van der Waals surface area contributed by atoms with Crippen molar-refractivity contribution in [3.63, 3.8) is 0 Å². The van der Waals surface area contributed by atoms with Gasteiger partial charge in [0.25, 0.3) is 0 Å². The van der Waals surface area contributed by atoms with Gasteiger partial charge in [-0.05, 0) is 37.0 Å². The van der Waals surface area contributed by atoms with Gasteiger partial charge in [-0.25, -0.2) is 0 Å². The first-order chi connectivity index (χ1) is 8.49. The molecule has 1 saturated carbocycles. The van der Waals surface area contributed by atoms with Gasteiger partial charge in [0, 0.05) is 15.0 Å². The second kappa shape index (κ2) is 5.94. The minimum atomic E-state index is -0.320. The second-order valence-corrected chi connectivity index (χ2v) is 7.07. The molecule has 1 aliphatic carbocycles. The predicted molar refractivity (Wildman–Crippen MR) is 81.9 cm³/mol. The Kier molecular flexibility index (Phi) is 4.74. The number of halogens is 2. The van der Waals surface area contributed by atoms with Crippen molar-refractivity contribution in [1.82, 2.24) is 0 Å². The van der Waals surface area contributed by atoms with E-state index >= 15 is 0 Å². The van der Waals surface area contributed by atoms with Crippen molar-refractivity contribution in [2.75, 3.05) is 0 Å². The van der Waals surface area contributed by atoms with Crippen molar-refractivity contribution >= 4 is 27.5 Å². The van der Waals surface area contributed by atoms with E-state index in [1.807, 2.05) is 12.1 Å². The topological polar surface area (TPSA) is 26.0 Å². The normalized spacial score (nSPS) is 20.7. The molecular weight excluding hydrogens is 310 g/mol. The predicted octanol–water partition coefficient (Wildman–Crippen LogP) is 5.25. The Morgan fingerprint density at radius 3 is 2.61 bits per heavy atom. The Hall–Kier alpha value is -0.0500. The first kappa shape index (κ1) is 14.4. The minimum absolute atomic E-state index is 0.320. The minimum Gasteiger partial charge on any atom is -0.322 e. The molecule has 0 radical (unpaired) electrons. The third-order valence-electron chi connectivity index (χ3n) is 3.98. The highest BCUT2D eigenvalue weighted by Crippen LogP contribution is 2.37. The lowest BCUT2D eigenvalue weighted by atomic mass is 9.77. The highest BCUT2D eigenvalue weighted by atomic mass is 79.9. The van der Waals surface area contributed by atoms with Crippen LogP contribution >= 0.6 is 27.5 Å². The van der Waals surface area contributed by atoms with Crippen molar-refractivity contribution in [2.45, 2.75) is 51.0 Å². The lowest BCUT2D eigenvalue weighted by Crippen LogP contribution is -2.36. The van der Waals surface area contributed by atoms with Crippen molar-refractivity contribution in [2.24, 2.45) is 11.7 Å². The number of hydrogen-bond acceptors (Lipinski definition) is 1. The molecule has 1 aromatic carbocycles. The van der Waals surface area contributed by atoms with Gasteiger partial charge in [-0.15, -0.1) is 0 Å². The van der Waals surface area contributed by atoms with E-state index < -0.39 is 0 Å². The highest BCUT2D eigenvalue weighted by Gasteiger charge is 2.28. The molecule has 2 rings (SSSR count). The zero-order valence-electron chi connectivity index (χ0n) is 10.9. The molecule has 1 nitrogen and oxygen atoms in total. The summed E-state index contributed by atoms with van der Waals surface area (Å²) >= 11 is 9.76. The summed E-state index contributed by atoms with van der Waals surface area (Å²) in [5, 5.41) is 0.769. The third-order valence-corrected chi connectivity index (χ3v) is 4.79. The fourth-order valence-corrected chi connectivity index (χ4v) is 3.94. The molecule has 18 heavy (non-hydrogen) atoms. The van der Waals surface area contributed by atoms with Gasteiger partial charge in [0.1, 0.15) is 0 Å². The molecule has 0 aromatic heterocycles. The first-order valence-corrected chi connectivity index (χ1v) is 7.90. The zero-order chi connectivity index (χ0) is 13.2. The fourth-order valence-electron chi connectivity index (χ4n) is 3.05. The largest absolute Gasteiger partial charge is 0.322 e. The summed E-state index contributed by atoms with van der Waals surface area (Å²) in [6.07, 6.45) is 7.77. The molecule has 0 spiro atoms. The summed E-state index contributed by atoms with van der Waals surface area (Å²) in [6, 6.07) is 6.01. The molecular formula is C15H21BrClN. The van der Waals surface area contributed by atoms with E-state index in [1.165, 1.54) is 32.1 Å². The van der Waals surface area contributed by atoms with Crippen molar-refractivity contribution in [3.8, 4) is 0 Å². The summed E-state index contributed by atoms with van der Waals surface area (Å²) in [5.74, 6) is 0.758. The van der Waals surface area contributed by atoms with Crippen LogP contribution in [0.1, 0.15) is 51.0 Å². The second-order valence-electron chi connectivity index (χ2n) is 5.75. The van der Waals surface area contributed by atoms with E-state index in [0.29, 0.717) is 0 Å². The van der Waals surface area contributed by atoms with Crippen LogP contribution in [-0.4, -0.2) is 0 Å². The number of rotatable bonds is 3. The van der Waals surface area contributed by atoms with E-state index in [-0.39, 0.29) is 5.54 Å². The maximum absolute atomic E-state index is 6.52. The van der Waals surface area contributed by atoms with Crippen LogP contribution in [0.3, 0.4) is 0 Å². The van der Waals surface area contributed by atoms with E-state index in [9.17, 15) is 0 Å². The van der Waals surface area contributed by atoms with E-state index in [1.54, 1.807) is 0 Å². The smallest absolute Gasteiger partial charge is 0.0467 e. The summed E-state index contributed by atoms with van der Waals surface area (Å²) in [4.78, 5) is 0. The van der Waals surface area contributed by atoms with E-state index in [0.717, 1.165) is 27.4 Å². The maximum atomic E-state index is 6.52. The number of nitrogens with two attached hydrogens (primary N) is 1. The van der Waals surface area contributed by atoms with Gasteiger partial charge in [-0.1, -0.05) is 65.7 Å². The average molecular weight is 331 g/mol. The molecule has 3 heteroatoms. The van der Waals surface area contributed by atoms with Gasteiger partial charge < -0.3 is 5.73 Å². The van der Waals surface area contributed by atoms with Crippen LogP contribution in [0.4, 0.5) is 0 Å². The van der Waals surface area contributed by atoms with E-state index in [2.05, 4.69) is 28.9 Å². The molecule has 1 atom stereocenters. The average Bonchev–Trinajstić information content (AvgIpc) is 2.29. The summed E-state index contributed by atoms with van der Waals surface area (Å²) in [6.45, 7) is 2.11. The maximum Gasteiger partial charge on any atom is 0.0467 e. The van der Waals surface area contributed by atoms with E-state index in [4.69, 9.17) is 17.3 Å². The number of hydrogen-bond donors (Lipinski definition) is 1. The Bertz CT molecular complexity index is 411. The summed E-state index contributed by atoms with van der Waals surface area (Å²) < 4.78 is 1.00. The van der Waals surface area contributed by atoms with Gasteiger partial charge in [0.15, 0.2) is 0 Å². The number of benzene rings is 1. The SMILES string of the molecule is CC(N)(CC1CCCCC1)c1ccc(Br)cc1Cl. The molecule has 1 aromatic rings. The Balaban J connectivity index is 2.13.